The van der Waals surface area contributed by atoms with Crippen LogP contribution >= 0.6 is 0 Å². The van der Waals surface area contributed by atoms with Gasteiger partial charge in [0, 0.05) is 18.0 Å². The highest BCUT2D eigenvalue weighted by Crippen LogP contribution is 2.24. The van der Waals surface area contributed by atoms with Crippen LogP contribution in [-0.2, 0) is 13.2 Å². The van der Waals surface area contributed by atoms with Gasteiger partial charge in [0.15, 0.2) is 0 Å². The monoisotopic (exact) mass is 316 g/mol. The molecule has 0 fully saturated rings. The number of aromatic nitrogens is 4. The maximum Gasteiger partial charge on any atom is 0.116 e. The first-order valence-corrected chi connectivity index (χ1v) is 7.77. The first-order valence-electron chi connectivity index (χ1n) is 7.77. The van der Waals surface area contributed by atoms with E-state index in [9.17, 15) is 5.11 Å². The molecule has 0 bridgehead atoms. The van der Waals surface area contributed by atoms with Crippen LogP contribution in [0.5, 0.6) is 0 Å². The SMILES string of the molecule is OCc1nnn(Cc2cccc3ccccc23)c1-c1cccnc1. The van der Waals surface area contributed by atoms with Crippen molar-refractivity contribution in [1.29, 1.82) is 0 Å². The third-order valence-electron chi connectivity index (χ3n) is 4.09. The molecule has 0 spiro atoms. The lowest BCUT2D eigenvalue weighted by Crippen LogP contribution is -2.05. The summed E-state index contributed by atoms with van der Waals surface area (Å²) in [5.74, 6) is 0. The van der Waals surface area contributed by atoms with Crippen molar-refractivity contribution in [3.05, 3.63) is 78.2 Å². The Bertz CT molecular complexity index is 974. The number of hydrogen-bond donors (Lipinski definition) is 1. The van der Waals surface area contributed by atoms with E-state index in [4.69, 9.17) is 0 Å². The van der Waals surface area contributed by atoms with E-state index >= 15 is 0 Å². The lowest BCUT2D eigenvalue weighted by atomic mass is 10.0. The molecule has 4 aromatic rings. The van der Waals surface area contributed by atoms with E-state index in [2.05, 4.69) is 39.6 Å². The maximum absolute atomic E-state index is 9.59. The summed E-state index contributed by atoms with van der Waals surface area (Å²) >= 11 is 0. The number of aliphatic hydroxyl groups excluding tert-OH is 1. The van der Waals surface area contributed by atoms with Crippen molar-refractivity contribution < 1.29 is 5.11 Å². The minimum atomic E-state index is -0.153. The molecule has 2 aromatic carbocycles. The van der Waals surface area contributed by atoms with Crippen molar-refractivity contribution >= 4 is 10.8 Å². The molecule has 0 aliphatic heterocycles. The molecule has 0 aliphatic rings. The molecule has 0 radical (unpaired) electrons. The number of benzene rings is 2. The van der Waals surface area contributed by atoms with Crippen LogP contribution in [0.25, 0.3) is 22.0 Å². The average molecular weight is 316 g/mol. The van der Waals surface area contributed by atoms with Crippen molar-refractivity contribution in [2.75, 3.05) is 0 Å². The second-order valence-corrected chi connectivity index (χ2v) is 5.58. The van der Waals surface area contributed by atoms with Gasteiger partial charge < -0.3 is 5.11 Å². The molecule has 0 amide bonds. The molecule has 0 unspecified atom stereocenters. The van der Waals surface area contributed by atoms with Crippen LogP contribution in [0.3, 0.4) is 0 Å². The molecular formula is C19H16N4O. The van der Waals surface area contributed by atoms with Gasteiger partial charge in [0.1, 0.15) is 5.69 Å². The molecular weight excluding hydrogens is 300 g/mol. The van der Waals surface area contributed by atoms with Gasteiger partial charge in [0.05, 0.1) is 18.8 Å². The van der Waals surface area contributed by atoms with Crippen LogP contribution in [0.1, 0.15) is 11.3 Å². The number of nitrogens with zero attached hydrogens (tertiary/aromatic N) is 4. The number of aliphatic hydroxyl groups is 1. The Morgan fingerprint density at radius 1 is 0.958 bits per heavy atom. The Morgan fingerprint density at radius 3 is 2.67 bits per heavy atom. The van der Waals surface area contributed by atoms with E-state index in [0.29, 0.717) is 12.2 Å². The van der Waals surface area contributed by atoms with E-state index in [0.717, 1.165) is 16.8 Å². The first-order chi connectivity index (χ1) is 11.9. The number of fused-ring (bicyclic) bond motifs is 1. The van der Waals surface area contributed by atoms with Gasteiger partial charge in [-0.2, -0.15) is 0 Å². The lowest BCUT2D eigenvalue weighted by Gasteiger charge is -2.10. The molecule has 118 valence electrons. The van der Waals surface area contributed by atoms with Gasteiger partial charge in [-0.3, -0.25) is 4.98 Å². The number of hydrogen-bond acceptors (Lipinski definition) is 4. The molecule has 5 nitrogen and oxygen atoms in total. The maximum atomic E-state index is 9.59. The normalized spacial score (nSPS) is 11.0. The highest BCUT2D eigenvalue weighted by molar-refractivity contribution is 5.85. The summed E-state index contributed by atoms with van der Waals surface area (Å²) in [6.07, 6.45) is 3.48. The van der Waals surface area contributed by atoms with Crippen LogP contribution in [-0.4, -0.2) is 25.1 Å². The second-order valence-electron chi connectivity index (χ2n) is 5.58. The topological polar surface area (TPSA) is 63.8 Å². The zero-order chi connectivity index (χ0) is 16.4. The standard InChI is InChI=1S/C19H16N4O/c24-13-18-19(15-8-4-10-20-11-15)23(22-21-18)12-16-7-3-6-14-5-1-2-9-17(14)16/h1-11,24H,12-13H2. The van der Waals surface area contributed by atoms with Gasteiger partial charge in [-0.25, -0.2) is 4.68 Å². The molecule has 1 N–H and O–H groups in total. The Labute approximate surface area is 139 Å². The predicted molar refractivity (Wildman–Crippen MR) is 92.2 cm³/mol. The van der Waals surface area contributed by atoms with Crippen molar-refractivity contribution in [1.82, 2.24) is 20.0 Å². The third-order valence-corrected chi connectivity index (χ3v) is 4.09. The Balaban J connectivity index is 1.82. The van der Waals surface area contributed by atoms with Gasteiger partial charge in [0.2, 0.25) is 0 Å². The second kappa shape index (κ2) is 6.22. The number of rotatable bonds is 4. The van der Waals surface area contributed by atoms with E-state index < -0.39 is 0 Å². The first kappa shape index (κ1) is 14.5. The molecule has 4 rings (SSSR count). The van der Waals surface area contributed by atoms with Crippen molar-refractivity contribution in [2.45, 2.75) is 13.2 Å². The Hall–Kier alpha value is -3.05. The van der Waals surface area contributed by atoms with Crippen LogP contribution < -0.4 is 0 Å². The smallest absolute Gasteiger partial charge is 0.116 e. The zero-order valence-corrected chi connectivity index (χ0v) is 13.0. The van der Waals surface area contributed by atoms with Gasteiger partial charge in [-0.1, -0.05) is 47.7 Å². The summed E-state index contributed by atoms with van der Waals surface area (Å²) in [6, 6.07) is 18.3. The van der Waals surface area contributed by atoms with Gasteiger partial charge in [0.25, 0.3) is 0 Å². The molecule has 0 saturated carbocycles. The summed E-state index contributed by atoms with van der Waals surface area (Å²) in [6.45, 7) is 0.429. The van der Waals surface area contributed by atoms with E-state index in [-0.39, 0.29) is 6.61 Å². The van der Waals surface area contributed by atoms with Crippen LogP contribution in [0.4, 0.5) is 0 Å². The quantitative estimate of drug-likeness (QED) is 0.628. The minimum absolute atomic E-state index is 0.153. The van der Waals surface area contributed by atoms with Crippen LogP contribution in [0, 0.1) is 0 Å². The average Bonchev–Trinajstić information content (AvgIpc) is 3.05. The van der Waals surface area contributed by atoms with Crippen LogP contribution in [0.15, 0.2) is 67.0 Å². The van der Waals surface area contributed by atoms with Gasteiger partial charge >= 0.3 is 0 Å². The van der Waals surface area contributed by atoms with Gasteiger partial charge in [-0.05, 0) is 28.5 Å². The minimum Gasteiger partial charge on any atom is -0.390 e. The Morgan fingerprint density at radius 2 is 1.83 bits per heavy atom. The highest BCUT2D eigenvalue weighted by Gasteiger charge is 2.15. The molecule has 0 aliphatic carbocycles. The molecule has 2 aromatic heterocycles. The summed E-state index contributed by atoms with van der Waals surface area (Å²) in [4.78, 5) is 4.16. The Kier molecular flexibility index (Phi) is 3.76. The zero-order valence-electron chi connectivity index (χ0n) is 13.0. The van der Waals surface area contributed by atoms with Crippen molar-refractivity contribution in [3.8, 4) is 11.3 Å². The van der Waals surface area contributed by atoms with E-state index in [1.807, 2.05) is 35.0 Å². The fourth-order valence-electron chi connectivity index (χ4n) is 2.98. The van der Waals surface area contributed by atoms with E-state index in [1.165, 1.54) is 10.8 Å². The highest BCUT2D eigenvalue weighted by atomic mass is 16.3. The predicted octanol–water partition coefficient (Wildman–Crippen LogP) is 3.03. The largest absolute Gasteiger partial charge is 0.390 e. The molecule has 2 heterocycles. The molecule has 0 saturated heterocycles. The van der Waals surface area contributed by atoms with Crippen molar-refractivity contribution in [2.24, 2.45) is 0 Å². The molecule has 0 atom stereocenters. The van der Waals surface area contributed by atoms with Crippen molar-refractivity contribution in [3.63, 3.8) is 0 Å². The summed E-state index contributed by atoms with van der Waals surface area (Å²) in [5.41, 5.74) is 3.42. The third kappa shape index (κ3) is 2.55. The summed E-state index contributed by atoms with van der Waals surface area (Å²) in [7, 11) is 0. The fourth-order valence-corrected chi connectivity index (χ4v) is 2.98. The fraction of sp³-hybridized carbons (Fsp3) is 0.105. The molecule has 24 heavy (non-hydrogen) atoms. The van der Waals surface area contributed by atoms with E-state index in [1.54, 1.807) is 12.4 Å². The lowest BCUT2D eigenvalue weighted by molar-refractivity contribution is 0.277. The van der Waals surface area contributed by atoms with Gasteiger partial charge in [-0.15, -0.1) is 5.10 Å². The number of pyridine rings is 1. The van der Waals surface area contributed by atoms with Crippen LogP contribution in [0.2, 0.25) is 0 Å². The summed E-state index contributed by atoms with van der Waals surface area (Å²) in [5, 5.41) is 20.3. The molecule has 5 heteroatoms. The summed E-state index contributed by atoms with van der Waals surface area (Å²) < 4.78 is 1.82.